The zero-order valence-corrected chi connectivity index (χ0v) is 6.93. The van der Waals surface area contributed by atoms with Gasteiger partial charge in [0.25, 0.3) is 0 Å². The summed E-state index contributed by atoms with van der Waals surface area (Å²) in [5, 5.41) is 0.0833. The molecule has 0 aromatic rings. The Morgan fingerprint density at radius 1 is 1.60 bits per heavy atom. The number of hydrogen-bond acceptors (Lipinski definition) is 1. The number of ether oxygens (including phenoxy) is 1. The van der Waals surface area contributed by atoms with Gasteiger partial charge in [0.2, 0.25) is 0 Å². The molecule has 1 nitrogen and oxygen atoms in total. The van der Waals surface area contributed by atoms with Gasteiger partial charge in [-0.1, -0.05) is 13.0 Å². The van der Waals surface area contributed by atoms with E-state index in [1.807, 2.05) is 12.2 Å². The van der Waals surface area contributed by atoms with E-state index in [1.165, 1.54) is 0 Å². The van der Waals surface area contributed by atoms with Crippen LogP contribution in [-0.4, -0.2) is 12.5 Å². The van der Waals surface area contributed by atoms with Crippen molar-refractivity contribution in [2.24, 2.45) is 5.92 Å². The largest absolute Gasteiger partial charge is 0.497 e. The third-order valence-corrected chi connectivity index (χ3v) is 2.15. The summed E-state index contributed by atoms with van der Waals surface area (Å²) in [6.45, 7) is 2.08. The molecule has 0 heterocycles. The lowest BCUT2D eigenvalue weighted by Crippen LogP contribution is -2.10. The number of hydrogen-bond donors (Lipinski definition) is 0. The molecule has 0 N–H and O–H groups in total. The lowest BCUT2D eigenvalue weighted by atomic mass is 10.0. The molecule has 0 saturated heterocycles. The maximum absolute atomic E-state index is 5.93. The van der Waals surface area contributed by atoms with E-state index in [0.717, 1.165) is 5.76 Å². The molecule has 0 amide bonds. The van der Waals surface area contributed by atoms with Crippen molar-refractivity contribution in [3.8, 4) is 0 Å². The summed E-state index contributed by atoms with van der Waals surface area (Å²) in [5.74, 6) is 1.28. The first kappa shape index (κ1) is 7.67. The fourth-order valence-electron chi connectivity index (χ4n) is 0.853. The number of rotatable bonds is 1. The molecule has 2 atom stereocenters. The summed E-state index contributed by atoms with van der Waals surface area (Å²) in [5.41, 5.74) is 0. The third kappa shape index (κ3) is 1.54. The predicted octanol–water partition coefficient (Wildman–Crippen LogP) is 2.33. The quantitative estimate of drug-likeness (QED) is 0.533. The summed E-state index contributed by atoms with van der Waals surface area (Å²) in [6.07, 6.45) is 5.92. The molecule has 2 heteroatoms. The summed E-state index contributed by atoms with van der Waals surface area (Å²) in [4.78, 5) is 0. The first-order valence-corrected chi connectivity index (χ1v) is 3.76. The summed E-state index contributed by atoms with van der Waals surface area (Å²) >= 11 is 5.93. The lowest BCUT2D eigenvalue weighted by molar-refractivity contribution is 0.302. The molecular formula is C8H11ClO. The maximum atomic E-state index is 5.93. The van der Waals surface area contributed by atoms with E-state index in [4.69, 9.17) is 16.3 Å². The minimum absolute atomic E-state index is 0.0833. The Morgan fingerprint density at radius 2 is 2.30 bits per heavy atom. The SMILES string of the molecule is COC1=CC(Cl)C(C)C=C1. The molecule has 0 bridgehead atoms. The van der Waals surface area contributed by atoms with Crippen LogP contribution >= 0.6 is 11.6 Å². The molecule has 56 valence electrons. The molecule has 2 unspecified atom stereocenters. The highest BCUT2D eigenvalue weighted by molar-refractivity contribution is 6.22. The van der Waals surface area contributed by atoms with Gasteiger partial charge in [0.1, 0.15) is 5.76 Å². The number of alkyl halides is 1. The Labute approximate surface area is 66.3 Å². The van der Waals surface area contributed by atoms with Gasteiger partial charge in [-0.25, -0.2) is 0 Å². The molecule has 0 fully saturated rings. The van der Waals surface area contributed by atoms with Crippen LogP contribution in [0, 0.1) is 5.92 Å². The standard InChI is InChI=1S/C8H11ClO/c1-6-3-4-7(10-2)5-8(6)9/h3-6,8H,1-2H3. The van der Waals surface area contributed by atoms with Crippen molar-refractivity contribution in [2.45, 2.75) is 12.3 Å². The van der Waals surface area contributed by atoms with E-state index in [1.54, 1.807) is 7.11 Å². The normalized spacial score (nSPS) is 31.7. The van der Waals surface area contributed by atoms with Crippen LogP contribution in [0.3, 0.4) is 0 Å². The monoisotopic (exact) mass is 158 g/mol. The topological polar surface area (TPSA) is 9.23 Å². The molecule has 0 radical (unpaired) electrons. The van der Waals surface area contributed by atoms with Crippen LogP contribution in [0.25, 0.3) is 0 Å². The number of allylic oxidation sites excluding steroid dienone is 3. The highest BCUT2D eigenvalue weighted by atomic mass is 35.5. The highest BCUT2D eigenvalue weighted by Gasteiger charge is 2.13. The lowest BCUT2D eigenvalue weighted by Gasteiger charge is -2.15. The average Bonchev–Trinajstić information content (AvgIpc) is 1.95. The minimum Gasteiger partial charge on any atom is -0.497 e. The third-order valence-electron chi connectivity index (χ3n) is 1.63. The van der Waals surface area contributed by atoms with Gasteiger partial charge in [-0.05, 0) is 18.1 Å². The van der Waals surface area contributed by atoms with Crippen molar-refractivity contribution < 1.29 is 4.74 Å². The Bertz CT molecular complexity index is 172. The van der Waals surface area contributed by atoms with E-state index >= 15 is 0 Å². The van der Waals surface area contributed by atoms with E-state index in [2.05, 4.69) is 13.0 Å². The van der Waals surface area contributed by atoms with Crippen LogP contribution in [0.5, 0.6) is 0 Å². The van der Waals surface area contributed by atoms with E-state index < -0.39 is 0 Å². The first-order valence-electron chi connectivity index (χ1n) is 3.32. The van der Waals surface area contributed by atoms with Crippen LogP contribution in [0.4, 0.5) is 0 Å². The van der Waals surface area contributed by atoms with Gasteiger partial charge >= 0.3 is 0 Å². The molecule has 10 heavy (non-hydrogen) atoms. The van der Waals surface area contributed by atoms with E-state index in [-0.39, 0.29) is 5.38 Å². The molecule has 0 aliphatic heterocycles. The maximum Gasteiger partial charge on any atom is 0.116 e. The number of methoxy groups -OCH3 is 1. The molecule has 0 aromatic heterocycles. The predicted molar refractivity (Wildman–Crippen MR) is 43.0 cm³/mol. The summed E-state index contributed by atoms with van der Waals surface area (Å²) in [7, 11) is 1.65. The molecule has 1 aliphatic carbocycles. The second kappa shape index (κ2) is 3.11. The molecule has 0 saturated carbocycles. The first-order chi connectivity index (χ1) is 4.74. The molecule has 0 spiro atoms. The second-order valence-corrected chi connectivity index (χ2v) is 2.94. The Morgan fingerprint density at radius 3 is 2.80 bits per heavy atom. The zero-order valence-electron chi connectivity index (χ0n) is 6.17. The Balaban J connectivity index is 2.66. The van der Waals surface area contributed by atoms with Crippen LogP contribution in [0.2, 0.25) is 0 Å². The van der Waals surface area contributed by atoms with Gasteiger partial charge in [0.15, 0.2) is 0 Å². The molecule has 0 aromatic carbocycles. The van der Waals surface area contributed by atoms with Crippen LogP contribution in [-0.2, 0) is 4.74 Å². The molecular weight excluding hydrogens is 148 g/mol. The minimum atomic E-state index is 0.0833. The molecule has 1 aliphatic rings. The summed E-state index contributed by atoms with van der Waals surface area (Å²) < 4.78 is 5.00. The average molecular weight is 159 g/mol. The Kier molecular flexibility index (Phi) is 2.39. The van der Waals surface area contributed by atoms with Crippen molar-refractivity contribution in [2.75, 3.05) is 7.11 Å². The number of halogens is 1. The van der Waals surface area contributed by atoms with Gasteiger partial charge in [-0.3, -0.25) is 0 Å². The fraction of sp³-hybridized carbons (Fsp3) is 0.500. The van der Waals surface area contributed by atoms with E-state index in [0.29, 0.717) is 5.92 Å². The van der Waals surface area contributed by atoms with Gasteiger partial charge in [-0.15, -0.1) is 11.6 Å². The fourth-order valence-corrected chi connectivity index (χ4v) is 1.06. The van der Waals surface area contributed by atoms with Crippen LogP contribution in [0.15, 0.2) is 24.0 Å². The van der Waals surface area contributed by atoms with Crippen molar-refractivity contribution in [1.29, 1.82) is 0 Å². The Hall–Kier alpha value is -0.430. The smallest absolute Gasteiger partial charge is 0.116 e. The molecule has 1 rings (SSSR count). The van der Waals surface area contributed by atoms with Crippen molar-refractivity contribution in [1.82, 2.24) is 0 Å². The highest BCUT2D eigenvalue weighted by Crippen LogP contribution is 2.21. The van der Waals surface area contributed by atoms with Crippen LogP contribution in [0.1, 0.15) is 6.92 Å². The zero-order chi connectivity index (χ0) is 7.56. The van der Waals surface area contributed by atoms with Gasteiger partial charge < -0.3 is 4.74 Å². The van der Waals surface area contributed by atoms with Gasteiger partial charge in [0.05, 0.1) is 12.5 Å². The van der Waals surface area contributed by atoms with E-state index in [9.17, 15) is 0 Å². The summed E-state index contributed by atoms with van der Waals surface area (Å²) in [6, 6.07) is 0. The van der Waals surface area contributed by atoms with Gasteiger partial charge in [0, 0.05) is 0 Å². The van der Waals surface area contributed by atoms with Gasteiger partial charge in [-0.2, -0.15) is 0 Å². The van der Waals surface area contributed by atoms with Crippen molar-refractivity contribution >= 4 is 11.6 Å². The second-order valence-electron chi connectivity index (χ2n) is 2.44. The van der Waals surface area contributed by atoms with Crippen LogP contribution < -0.4 is 0 Å². The van der Waals surface area contributed by atoms with Crippen molar-refractivity contribution in [3.05, 3.63) is 24.0 Å². The van der Waals surface area contributed by atoms with Crippen molar-refractivity contribution in [3.63, 3.8) is 0 Å².